The number of carbonyl (C=O) groups is 2. The van der Waals surface area contributed by atoms with Crippen molar-refractivity contribution in [1.82, 2.24) is 10.6 Å². The summed E-state index contributed by atoms with van der Waals surface area (Å²) in [6.45, 7) is 0. The topological polar surface area (TPSA) is 78.4 Å². The summed E-state index contributed by atoms with van der Waals surface area (Å²) in [7, 11) is 1.70. The molecule has 0 aliphatic rings. The van der Waals surface area contributed by atoms with Crippen molar-refractivity contribution in [2.75, 3.05) is 7.05 Å². The monoisotopic (exact) mass is 376 g/mol. The summed E-state index contributed by atoms with van der Waals surface area (Å²) in [6, 6.07) is 21.8. The third-order valence-corrected chi connectivity index (χ3v) is 4.87. The van der Waals surface area contributed by atoms with Crippen LogP contribution in [0.25, 0.3) is 10.8 Å². The molecule has 0 fully saturated rings. The van der Waals surface area contributed by atoms with Crippen LogP contribution < -0.4 is 10.6 Å². The fraction of sp³-hybridized carbons (Fsp3) is 0.217. The van der Waals surface area contributed by atoms with Gasteiger partial charge in [0.25, 0.3) is 0 Å². The van der Waals surface area contributed by atoms with E-state index >= 15 is 0 Å². The highest BCUT2D eigenvalue weighted by molar-refractivity contribution is 5.89. The Hall–Kier alpha value is -3.18. The molecule has 0 spiro atoms. The van der Waals surface area contributed by atoms with Crippen molar-refractivity contribution in [3.63, 3.8) is 0 Å². The lowest BCUT2D eigenvalue weighted by Crippen LogP contribution is -2.51. The Balaban J connectivity index is 1.75. The highest BCUT2D eigenvalue weighted by Crippen LogP contribution is 2.20. The van der Waals surface area contributed by atoms with Crippen LogP contribution in [0.1, 0.15) is 11.1 Å². The molecule has 3 aromatic rings. The zero-order valence-electron chi connectivity index (χ0n) is 15.8. The van der Waals surface area contributed by atoms with Gasteiger partial charge < -0.3 is 15.7 Å². The minimum absolute atomic E-state index is 0.226. The Morgan fingerprint density at radius 1 is 0.857 bits per heavy atom. The maximum Gasteiger partial charge on any atom is 0.326 e. The zero-order chi connectivity index (χ0) is 19.9. The van der Waals surface area contributed by atoms with E-state index in [0.29, 0.717) is 6.42 Å². The molecular weight excluding hydrogens is 352 g/mol. The minimum Gasteiger partial charge on any atom is -0.480 e. The molecule has 28 heavy (non-hydrogen) atoms. The summed E-state index contributed by atoms with van der Waals surface area (Å²) in [5.74, 6) is -1.37. The smallest absolute Gasteiger partial charge is 0.326 e. The second-order valence-corrected chi connectivity index (χ2v) is 6.77. The Morgan fingerprint density at radius 3 is 2.25 bits per heavy atom. The lowest BCUT2D eigenvalue weighted by atomic mass is 9.98. The first-order valence-corrected chi connectivity index (χ1v) is 9.29. The Morgan fingerprint density at radius 2 is 1.54 bits per heavy atom. The second-order valence-electron chi connectivity index (χ2n) is 6.77. The predicted octanol–water partition coefficient (Wildman–Crippen LogP) is 2.78. The van der Waals surface area contributed by atoms with Crippen LogP contribution in [0.5, 0.6) is 0 Å². The molecule has 2 atom stereocenters. The van der Waals surface area contributed by atoms with E-state index in [1.165, 1.54) is 0 Å². The van der Waals surface area contributed by atoms with Gasteiger partial charge in [-0.25, -0.2) is 4.79 Å². The number of carboxylic acid groups (broad SMARTS) is 1. The van der Waals surface area contributed by atoms with E-state index in [-0.39, 0.29) is 12.3 Å². The normalized spacial score (nSPS) is 13.0. The molecule has 0 saturated carbocycles. The number of carbonyl (C=O) groups excluding carboxylic acids is 1. The number of likely N-dealkylation sites (N-methyl/N-ethyl adjacent to an activating group) is 1. The van der Waals surface area contributed by atoms with Crippen molar-refractivity contribution in [3.8, 4) is 0 Å². The number of carboxylic acids is 1. The summed E-state index contributed by atoms with van der Waals surface area (Å²) in [5, 5.41) is 17.4. The molecule has 0 saturated heterocycles. The van der Waals surface area contributed by atoms with E-state index in [4.69, 9.17) is 0 Å². The van der Waals surface area contributed by atoms with Crippen LogP contribution >= 0.6 is 0 Å². The molecule has 0 aliphatic carbocycles. The third-order valence-electron chi connectivity index (χ3n) is 4.87. The van der Waals surface area contributed by atoms with Gasteiger partial charge in [-0.15, -0.1) is 0 Å². The standard InChI is InChI=1S/C23H24N2O3/c1-24-20(14-16-8-3-2-4-9-16)22(26)25-21(23(27)28)15-18-12-7-11-17-10-5-6-13-19(17)18/h2-13,20-21,24H,14-15H2,1H3,(H,25,26)(H,27,28)/t20?,21-/m0/s1. The van der Waals surface area contributed by atoms with E-state index in [9.17, 15) is 14.7 Å². The van der Waals surface area contributed by atoms with Gasteiger partial charge in [0.1, 0.15) is 6.04 Å². The molecule has 3 rings (SSSR count). The first kappa shape index (κ1) is 19.6. The molecule has 5 heteroatoms. The number of hydrogen-bond donors (Lipinski definition) is 3. The van der Waals surface area contributed by atoms with Crippen LogP contribution in [-0.2, 0) is 22.4 Å². The first-order chi connectivity index (χ1) is 13.6. The lowest BCUT2D eigenvalue weighted by Gasteiger charge is -2.21. The minimum atomic E-state index is -1.05. The van der Waals surface area contributed by atoms with E-state index < -0.39 is 18.1 Å². The number of rotatable bonds is 8. The van der Waals surface area contributed by atoms with Crippen molar-refractivity contribution < 1.29 is 14.7 Å². The van der Waals surface area contributed by atoms with Gasteiger partial charge in [-0.3, -0.25) is 4.79 Å². The molecule has 1 amide bonds. The number of benzene rings is 3. The molecule has 0 aromatic heterocycles. The van der Waals surface area contributed by atoms with Gasteiger partial charge in [-0.2, -0.15) is 0 Å². The van der Waals surface area contributed by atoms with Crippen LogP contribution in [0.2, 0.25) is 0 Å². The van der Waals surface area contributed by atoms with Gasteiger partial charge in [-0.1, -0.05) is 72.8 Å². The summed E-state index contributed by atoms with van der Waals surface area (Å²) >= 11 is 0. The summed E-state index contributed by atoms with van der Waals surface area (Å²) in [5.41, 5.74) is 1.91. The van der Waals surface area contributed by atoms with Gasteiger partial charge in [0.2, 0.25) is 5.91 Å². The summed E-state index contributed by atoms with van der Waals surface area (Å²) in [4.78, 5) is 24.5. The molecule has 0 radical (unpaired) electrons. The van der Waals surface area contributed by atoms with Crippen LogP contribution in [0.15, 0.2) is 72.8 Å². The maximum absolute atomic E-state index is 12.7. The van der Waals surface area contributed by atoms with Gasteiger partial charge in [0.15, 0.2) is 0 Å². The number of fused-ring (bicyclic) bond motifs is 1. The van der Waals surface area contributed by atoms with E-state index in [0.717, 1.165) is 21.9 Å². The van der Waals surface area contributed by atoms with Crippen molar-refractivity contribution in [1.29, 1.82) is 0 Å². The van der Waals surface area contributed by atoms with Gasteiger partial charge in [0, 0.05) is 6.42 Å². The highest BCUT2D eigenvalue weighted by Gasteiger charge is 2.25. The fourth-order valence-electron chi connectivity index (χ4n) is 3.34. The molecule has 1 unspecified atom stereocenters. The van der Waals surface area contributed by atoms with Crippen LogP contribution in [0.4, 0.5) is 0 Å². The second kappa shape index (κ2) is 9.15. The first-order valence-electron chi connectivity index (χ1n) is 9.29. The Labute approximate surface area is 164 Å². The molecule has 0 bridgehead atoms. The van der Waals surface area contributed by atoms with E-state index in [1.807, 2.05) is 72.8 Å². The lowest BCUT2D eigenvalue weighted by molar-refractivity contribution is -0.142. The quantitative estimate of drug-likeness (QED) is 0.565. The van der Waals surface area contributed by atoms with Crippen molar-refractivity contribution in [3.05, 3.63) is 83.9 Å². The number of aliphatic carboxylic acids is 1. The average Bonchev–Trinajstić information content (AvgIpc) is 2.72. The molecule has 0 aliphatic heterocycles. The molecule has 0 heterocycles. The van der Waals surface area contributed by atoms with Crippen LogP contribution in [0, 0.1) is 0 Å². The summed E-state index contributed by atoms with van der Waals surface area (Å²) < 4.78 is 0. The zero-order valence-corrected chi connectivity index (χ0v) is 15.8. The molecular formula is C23H24N2O3. The van der Waals surface area contributed by atoms with Crippen LogP contribution in [-0.4, -0.2) is 36.1 Å². The third kappa shape index (κ3) is 4.75. The Kier molecular flexibility index (Phi) is 6.40. The van der Waals surface area contributed by atoms with E-state index in [2.05, 4.69) is 10.6 Å². The number of hydrogen-bond acceptors (Lipinski definition) is 3. The van der Waals surface area contributed by atoms with Crippen molar-refractivity contribution in [2.24, 2.45) is 0 Å². The molecule has 3 aromatic carbocycles. The Bertz CT molecular complexity index is 951. The largest absolute Gasteiger partial charge is 0.480 e. The van der Waals surface area contributed by atoms with Gasteiger partial charge >= 0.3 is 5.97 Å². The molecule has 144 valence electrons. The molecule has 3 N–H and O–H groups in total. The van der Waals surface area contributed by atoms with E-state index in [1.54, 1.807) is 7.05 Å². The van der Waals surface area contributed by atoms with Gasteiger partial charge in [0.05, 0.1) is 6.04 Å². The van der Waals surface area contributed by atoms with Crippen molar-refractivity contribution >= 4 is 22.6 Å². The predicted molar refractivity (Wildman–Crippen MR) is 110 cm³/mol. The van der Waals surface area contributed by atoms with Crippen molar-refractivity contribution in [2.45, 2.75) is 24.9 Å². The number of nitrogens with one attached hydrogen (secondary N) is 2. The fourth-order valence-corrected chi connectivity index (χ4v) is 3.34. The number of amides is 1. The summed E-state index contributed by atoms with van der Waals surface area (Å²) in [6.07, 6.45) is 0.716. The maximum atomic E-state index is 12.7. The average molecular weight is 376 g/mol. The van der Waals surface area contributed by atoms with Crippen LogP contribution in [0.3, 0.4) is 0 Å². The SMILES string of the molecule is CNC(Cc1ccccc1)C(=O)N[C@@H](Cc1cccc2ccccc12)C(=O)O. The van der Waals surface area contributed by atoms with Gasteiger partial charge in [-0.05, 0) is 35.4 Å². The molecule has 5 nitrogen and oxygen atoms in total. The highest BCUT2D eigenvalue weighted by atomic mass is 16.4.